The second-order valence-electron chi connectivity index (χ2n) is 6.05. The first kappa shape index (κ1) is 17.4. The van der Waals surface area contributed by atoms with Crippen LogP contribution < -0.4 is 4.90 Å². The van der Waals surface area contributed by atoms with Crippen LogP contribution >= 0.6 is 11.8 Å². The van der Waals surface area contributed by atoms with Gasteiger partial charge in [0.25, 0.3) is 5.22 Å². The number of benzene rings is 2. The van der Waals surface area contributed by atoms with Crippen LogP contribution in [0.25, 0.3) is 11.1 Å². The topological polar surface area (TPSA) is 49.6 Å². The van der Waals surface area contributed by atoms with Crippen molar-refractivity contribution in [1.82, 2.24) is 9.88 Å². The Labute approximate surface area is 151 Å². The minimum absolute atomic E-state index is 0.0453. The Morgan fingerprint density at radius 2 is 1.80 bits per heavy atom. The molecule has 6 heteroatoms. The van der Waals surface area contributed by atoms with Gasteiger partial charge in [-0.2, -0.15) is 0 Å². The van der Waals surface area contributed by atoms with Crippen LogP contribution in [-0.4, -0.2) is 42.7 Å². The maximum absolute atomic E-state index is 12.3. The van der Waals surface area contributed by atoms with Crippen LogP contribution in [0.2, 0.25) is 0 Å². The van der Waals surface area contributed by atoms with Gasteiger partial charge in [-0.1, -0.05) is 36.0 Å². The quantitative estimate of drug-likeness (QED) is 0.632. The summed E-state index contributed by atoms with van der Waals surface area (Å²) in [6.07, 6.45) is 0. The van der Waals surface area contributed by atoms with E-state index in [2.05, 4.69) is 22.0 Å². The minimum Gasteiger partial charge on any atom is -0.431 e. The van der Waals surface area contributed by atoms with Gasteiger partial charge in [0.15, 0.2) is 5.58 Å². The molecule has 25 heavy (non-hydrogen) atoms. The number of amides is 1. The Morgan fingerprint density at radius 3 is 2.48 bits per heavy atom. The van der Waals surface area contributed by atoms with Gasteiger partial charge in [-0.15, -0.1) is 0 Å². The van der Waals surface area contributed by atoms with E-state index in [9.17, 15) is 4.79 Å². The third-order valence-electron chi connectivity index (χ3n) is 3.89. The van der Waals surface area contributed by atoms with Crippen molar-refractivity contribution in [3.8, 4) is 0 Å². The first-order valence-electron chi connectivity index (χ1n) is 8.01. The number of anilines is 1. The highest BCUT2D eigenvalue weighted by Gasteiger charge is 2.13. The minimum atomic E-state index is 0.0453. The highest BCUT2D eigenvalue weighted by atomic mass is 32.2. The van der Waals surface area contributed by atoms with E-state index in [-0.39, 0.29) is 5.91 Å². The van der Waals surface area contributed by atoms with E-state index in [1.807, 2.05) is 57.5 Å². The summed E-state index contributed by atoms with van der Waals surface area (Å²) >= 11 is 1.32. The molecule has 0 aliphatic rings. The van der Waals surface area contributed by atoms with Crippen LogP contribution in [0.1, 0.15) is 5.56 Å². The summed E-state index contributed by atoms with van der Waals surface area (Å²) in [4.78, 5) is 20.5. The fourth-order valence-electron chi connectivity index (χ4n) is 2.41. The van der Waals surface area contributed by atoms with Crippen molar-refractivity contribution in [2.24, 2.45) is 0 Å². The van der Waals surface area contributed by atoms with Crippen LogP contribution in [0.15, 0.2) is 58.2 Å². The monoisotopic (exact) mass is 355 g/mol. The number of hydrogen-bond acceptors (Lipinski definition) is 5. The number of para-hydroxylation sites is 2. The number of aromatic nitrogens is 1. The first-order valence-corrected chi connectivity index (χ1v) is 9.00. The van der Waals surface area contributed by atoms with Gasteiger partial charge >= 0.3 is 0 Å². The fraction of sp³-hybridized carbons (Fsp3) is 0.263. The van der Waals surface area contributed by atoms with Crippen LogP contribution in [0.5, 0.6) is 0 Å². The van der Waals surface area contributed by atoms with E-state index in [0.717, 1.165) is 22.4 Å². The molecule has 0 bridgehead atoms. The van der Waals surface area contributed by atoms with Gasteiger partial charge in [-0.3, -0.25) is 4.79 Å². The Kier molecular flexibility index (Phi) is 5.28. The van der Waals surface area contributed by atoms with Crippen molar-refractivity contribution in [3.63, 3.8) is 0 Å². The summed E-state index contributed by atoms with van der Waals surface area (Å²) < 4.78 is 5.63. The summed E-state index contributed by atoms with van der Waals surface area (Å²) in [6.45, 7) is 0.584. The number of rotatable bonds is 6. The number of thioether (sulfide) groups is 1. The van der Waals surface area contributed by atoms with Crippen molar-refractivity contribution in [1.29, 1.82) is 0 Å². The molecule has 130 valence electrons. The van der Waals surface area contributed by atoms with Gasteiger partial charge in [-0.05, 0) is 29.8 Å². The maximum atomic E-state index is 12.3. The van der Waals surface area contributed by atoms with Crippen molar-refractivity contribution >= 4 is 34.5 Å². The van der Waals surface area contributed by atoms with Crippen LogP contribution in [0, 0.1) is 0 Å². The van der Waals surface area contributed by atoms with Crippen molar-refractivity contribution in [3.05, 3.63) is 54.1 Å². The summed E-state index contributed by atoms with van der Waals surface area (Å²) in [7, 11) is 5.83. The number of oxazole rings is 1. The first-order chi connectivity index (χ1) is 12.0. The Morgan fingerprint density at radius 1 is 1.08 bits per heavy atom. The highest BCUT2D eigenvalue weighted by Crippen LogP contribution is 2.23. The number of carbonyl (C=O) groups excluding carboxylic acids is 1. The van der Waals surface area contributed by atoms with Crippen molar-refractivity contribution in [2.45, 2.75) is 11.8 Å². The molecule has 0 atom stereocenters. The van der Waals surface area contributed by atoms with Crippen LogP contribution in [-0.2, 0) is 11.3 Å². The molecule has 0 aliphatic heterocycles. The van der Waals surface area contributed by atoms with E-state index < -0.39 is 0 Å². The molecular formula is C19H21N3O2S. The highest BCUT2D eigenvalue weighted by molar-refractivity contribution is 7.99. The van der Waals surface area contributed by atoms with Gasteiger partial charge in [0.1, 0.15) is 5.52 Å². The molecule has 0 spiro atoms. The SMILES string of the molecule is CN(Cc1ccc(N(C)C)cc1)C(=O)CSc1nc2ccccc2o1. The molecular weight excluding hydrogens is 334 g/mol. The van der Waals surface area contributed by atoms with Gasteiger partial charge in [-0.25, -0.2) is 4.98 Å². The zero-order valence-electron chi connectivity index (χ0n) is 14.6. The second kappa shape index (κ2) is 7.61. The molecule has 0 aliphatic carbocycles. The number of carbonyl (C=O) groups is 1. The molecule has 1 amide bonds. The molecule has 0 unspecified atom stereocenters. The maximum Gasteiger partial charge on any atom is 0.257 e. The normalized spacial score (nSPS) is 10.8. The van der Waals surface area contributed by atoms with E-state index in [1.165, 1.54) is 11.8 Å². The largest absolute Gasteiger partial charge is 0.431 e. The predicted molar refractivity (Wildman–Crippen MR) is 102 cm³/mol. The molecule has 0 fully saturated rings. The molecule has 1 heterocycles. The molecule has 3 aromatic rings. The van der Waals surface area contributed by atoms with E-state index in [4.69, 9.17) is 4.42 Å². The fourth-order valence-corrected chi connectivity index (χ4v) is 3.19. The van der Waals surface area contributed by atoms with E-state index >= 15 is 0 Å². The van der Waals surface area contributed by atoms with Gasteiger partial charge in [0, 0.05) is 33.4 Å². The molecule has 5 nitrogen and oxygen atoms in total. The van der Waals surface area contributed by atoms with Gasteiger partial charge in [0.05, 0.1) is 5.75 Å². The zero-order chi connectivity index (χ0) is 17.8. The van der Waals surface area contributed by atoms with Gasteiger partial charge in [0.2, 0.25) is 5.91 Å². The van der Waals surface area contributed by atoms with Crippen molar-refractivity contribution < 1.29 is 9.21 Å². The number of nitrogens with zero attached hydrogens (tertiary/aromatic N) is 3. The van der Waals surface area contributed by atoms with E-state index in [0.29, 0.717) is 17.5 Å². The predicted octanol–water partition coefficient (Wildman–Crippen LogP) is 3.64. The summed E-state index contributed by atoms with van der Waals surface area (Å²) in [6, 6.07) is 15.8. The molecule has 0 radical (unpaired) electrons. The third kappa shape index (κ3) is 4.33. The van der Waals surface area contributed by atoms with E-state index in [1.54, 1.807) is 4.90 Å². The van der Waals surface area contributed by atoms with Crippen molar-refractivity contribution in [2.75, 3.05) is 31.8 Å². The number of fused-ring (bicyclic) bond motifs is 1. The Hall–Kier alpha value is -2.47. The smallest absolute Gasteiger partial charge is 0.257 e. The molecule has 1 aromatic heterocycles. The lowest BCUT2D eigenvalue weighted by molar-refractivity contribution is -0.127. The second-order valence-corrected chi connectivity index (χ2v) is 6.97. The lowest BCUT2D eigenvalue weighted by Crippen LogP contribution is -2.27. The molecule has 3 rings (SSSR count). The summed E-state index contributed by atoms with van der Waals surface area (Å²) in [5.74, 6) is 0.350. The Bertz CT molecular complexity index is 825. The van der Waals surface area contributed by atoms with Crippen LogP contribution in [0.4, 0.5) is 5.69 Å². The zero-order valence-corrected chi connectivity index (χ0v) is 15.4. The Balaban J connectivity index is 1.55. The molecule has 0 N–H and O–H groups in total. The summed E-state index contributed by atoms with van der Waals surface area (Å²) in [5, 5.41) is 0.526. The average Bonchev–Trinajstić information content (AvgIpc) is 3.03. The molecule has 0 saturated heterocycles. The lowest BCUT2D eigenvalue weighted by atomic mass is 10.2. The standard InChI is InChI=1S/C19H21N3O2S/c1-21(2)15-10-8-14(9-11-15)12-22(3)18(23)13-25-19-20-16-6-4-5-7-17(16)24-19/h4-11H,12-13H2,1-3H3. The van der Waals surface area contributed by atoms with Crippen LogP contribution in [0.3, 0.4) is 0 Å². The lowest BCUT2D eigenvalue weighted by Gasteiger charge is -2.18. The molecule has 0 saturated carbocycles. The summed E-state index contributed by atoms with van der Waals surface area (Å²) in [5.41, 5.74) is 3.80. The van der Waals surface area contributed by atoms with Gasteiger partial charge < -0.3 is 14.2 Å². The average molecular weight is 355 g/mol. The third-order valence-corrected chi connectivity index (χ3v) is 4.70. The number of hydrogen-bond donors (Lipinski definition) is 0. The molecule has 2 aromatic carbocycles.